The van der Waals surface area contributed by atoms with E-state index in [1.54, 1.807) is 31.3 Å². The van der Waals surface area contributed by atoms with Crippen molar-refractivity contribution in [2.24, 2.45) is 0 Å². The molecule has 0 bridgehead atoms. The Bertz CT molecular complexity index is 1190. The minimum Gasteiger partial charge on any atom is -0.497 e. The largest absolute Gasteiger partial charge is 0.497 e. The highest BCUT2D eigenvalue weighted by molar-refractivity contribution is 5.97. The van der Waals surface area contributed by atoms with Gasteiger partial charge in [0, 0.05) is 38.1 Å². The fourth-order valence-corrected chi connectivity index (χ4v) is 4.38. The maximum atomic E-state index is 12.9. The maximum absolute atomic E-state index is 12.9. The minimum absolute atomic E-state index is 0.371. The molecule has 1 amide bonds. The molecular weight excluding hydrogens is 424 g/mol. The van der Waals surface area contributed by atoms with Crippen LogP contribution in [0.2, 0.25) is 0 Å². The molecule has 2 aliphatic heterocycles. The van der Waals surface area contributed by atoms with Gasteiger partial charge in [-0.15, -0.1) is 0 Å². The first-order valence-electron chi connectivity index (χ1n) is 10.8. The molecule has 1 aromatic heterocycles. The van der Waals surface area contributed by atoms with E-state index in [-0.39, 0.29) is 6.09 Å². The molecule has 2 fully saturated rings. The predicted molar refractivity (Wildman–Crippen MR) is 122 cm³/mol. The first-order valence-corrected chi connectivity index (χ1v) is 10.8. The van der Waals surface area contributed by atoms with Crippen molar-refractivity contribution in [3.8, 4) is 23.1 Å². The van der Waals surface area contributed by atoms with E-state index >= 15 is 0 Å². The van der Waals surface area contributed by atoms with Crippen LogP contribution in [0.25, 0.3) is 10.9 Å². The summed E-state index contributed by atoms with van der Waals surface area (Å²) < 4.78 is 22.9. The molecule has 0 unspecified atom stereocenters. The van der Waals surface area contributed by atoms with Gasteiger partial charge in [-0.1, -0.05) is 6.07 Å². The van der Waals surface area contributed by atoms with Gasteiger partial charge in [0.2, 0.25) is 5.88 Å². The second-order valence-corrected chi connectivity index (χ2v) is 8.44. The number of nitrogens with zero attached hydrogens (tertiary/aromatic N) is 4. The number of hydrogen-bond donors (Lipinski definition) is 0. The molecule has 0 radical (unpaired) electrons. The van der Waals surface area contributed by atoms with Crippen LogP contribution in [0, 0.1) is 0 Å². The number of carbonyl (C=O) groups is 1. The Hall–Kier alpha value is -3.59. The van der Waals surface area contributed by atoms with Gasteiger partial charge in [0.25, 0.3) is 0 Å². The van der Waals surface area contributed by atoms with Crippen LogP contribution >= 0.6 is 0 Å². The molecule has 9 heteroatoms. The van der Waals surface area contributed by atoms with E-state index in [1.165, 1.54) is 6.33 Å². The summed E-state index contributed by atoms with van der Waals surface area (Å²) >= 11 is 0. The zero-order chi connectivity index (χ0) is 23.0. The highest BCUT2D eigenvalue weighted by Crippen LogP contribution is 2.42. The van der Waals surface area contributed by atoms with Gasteiger partial charge in [-0.05, 0) is 25.2 Å². The zero-order valence-corrected chi connectivity index (χ0v) is 18.9. The third-order valence-corrected chi connectivity index (χ3v) is 6.31. The molecule has 33 heavy (non-hydrogen) atoms. The van der Waals surface area contributed by atoms with E-state index in [4.69, 9.17) is 18.9 Å². The van der Waals surface area contributed by atoms with Gasteiger partial charge in [0.15, 0.2) is 0 Å². The molecular formula is C24H26N4O5. The van der Waals surface area contributed by atoms with Crippen molar-refractivity contribution >= 4 is 22.7 Å². The number of piperidine rings is 1. The molecule has 3 heterocycles. The lowest BCUT2D eigenvalue weighted by Gasteiger charge is -2.35. The monoisotopic (exact) mass is 450 g/mol. The second-order valence-electron chi connectivity index (χ2n) is 8.44. The summed E-state index contributed by atoms with van der Waals surface area (Å²) in [6, 6.07) is 10.9. The topological polar surface area (TPSA) is 86.2 Å². The van der Waals surface area contributed by atoms with E-state index in [0.29, 0.717) is 46.3 Å². The Morgan fingerprint density at radius 2 is 1.82 bits per heavy atom. The first-order chi connectivity index (χ1) is 16.0. The number of fused-ring (bicyclic) bond motifs is 1. The average Bonchev–Trinajstić information content (AvgIpc) is 3.16. The van der Waals surface area contributed by atoms with Gasteiger partial charge >= 0.3 is 6.09 Å². The smallest absolute Gasteiger partial charge is 0.415 e. The molecule has 0 N–H and O–H groups in total. The molecule has 0 saturated carbocycles. The summed E-state index contributed by atoms with van der Waals surface area (Å²) in [7, 11) is 5.26. The highest BCUT2D eigenvalue weighted by atomic mass is 16.6. The number of hydrogen-bond acceptors (Lipinski definition) is 8. The molecule has 172 valence electrons. The van der Waals surface area contributed by atoms with Crippen molar-refractivity contribution in [2.45, 2.75) is 18.4 Å². The van der Waals surface area contributed by atoms with E-state index in [2.05, 4.69) is 21.9 Å². The zero-order valence-electron chi connectivity index (χ0n) is 18.9. The number of ether oxygens (including phenoxy) is 4. The summed E-state index contributed by atoms with van der Waals surface area (Å²) in [5.74, 6) is 2.17. The van der Waals surface area contributed by atoms with Crippen LogP contribution < -0.4 is 19.1 Å². The number of amides is 1. The number of anilines is 1. The number of aromatic nitrogens is 2. The summed E-state index contributed by atoms with van der Waals surface area (Å²) in [5.41, 5.74) is 0.776. The van der Waals surface area contributed by atoms with E-state index < -0.39 is 5.60 Å². The van der Waals surface area contributed by atoms with Gasteiger partial charge in [0.1, 0.15) is 29.2 Å². The lowest BCUT2D eigenvalue weighted by atomic mass is 9.91. The third-order valence-electron chi connectivity index (χ3n) is 6.31. The lowest BCUT2D eigenvalue weighted by molar-refractivity contribution is 0.00678. The van der Waals surface area contributed by atoms with Crippen LogP contribution in [0.3, 0.4) is 0 Å². The van der Waals surface area contributed by atoms with Crippen molar-refractivity contribution < 1.29 is 23.7 Å². The molecule has 1 spiro atoms. The number of rotatable bonds is 5. The van der Waals surface area contributed by atoms with Gasteiger partial charge in [-0.2, -0.15) is 0 Å². The van der Waals surface area contributed by atoms with Crippen molar-refractivity contribution in [1.29, 1.82) is 0 Å². The minimum atomic E-state index is -0.476. The Morgan fingerprint density at radius 1 is 1.03 bits per heavy atom. The summed E-state index contributed by atoms with van der Waals surface area (Å²) in [4.78, 5) is 25.5. The number of carbonyl (C=O) groups excluding carboxylic acids is 1. The fraction of sp³-hybridized carbons (Fsp3) is 0.375. The Morgan fingerprint density at radius 3 is 2.58 bits per heavy atom. The van der Waals surface area contributed by atoms with E-state index in [0.717, 1.165) is 25.9 Å². The van der Waals surface area contributed by atoms with Crippen LogP contribution in [0.1, 0.15) is 12.8 Å². The molecule has 2 aromatic carbocycles. The molecule has 2 aliphatic rings. The van der Waals surface area contributed by atoms with Gasteiger partial charge in [-0.25, -0.2) is 14.8 Å². The van der Waals surface area contributed by atoms with Crippen LogP contribution in [0.4, 0.5) is 10.5 Å². The van der Waals surface area contributed by atoms with Crippen LogP contribution in [0.15, 0.2) is 42.7 Å². The Balaban J connectivity index is 1.52. The molecule has 0 aliphatic carbocycles. The maximum Gasteiger partial charge on any atom is 0.415 e. The molecule has 2 saturated heterocycles. The molecule has 5 rings (SSSR count). The highest BCUT2D eigenvalue weighted by Gasteiger charge is 2.47. The van der Waals surface area contributed by atoms with Gasteiger partial charge < -0.3 is 23.8 Å². The quantitative estimate of drug-likeness (QED) is 0.579. The third kappa shape index (κ3) is 4.00. The van der Waals surface area contributed by atoms with E-state index in [9.17, 15) is 4.79 Å². The van der Waals surface area contributed by atoms with Crippen LogP contribution in [0.5, 0.6) is 23.1 Å². The fourth-order valence-electron chi connectivity index (χ4n) is 4.38. The van der Waals surface area contributed by atoms with Crippen molar-refractivity contribution in [3.63, 3.8) is 0 Å². The molecule has 3 aromatic rings. The Kier molecular flexibility index (Phi) is 5.41. The van der Waals surface area contributed by atoms with Gasteiger partial charge in [0.05, 0.1) is 37.4 Å². The number of likely N-dealkylation sites (tertiary alicyclic amines) is 1. The van der Waals surface area contributed by atoms with Gasteiger partial charge in [-0.3, -0.25) is 4.90 Å². The summed E-state index contributed by atoms with van der Waals surface area (Å²) in [5, 5.41) is 0.660. The number of benzene rings is 2. The van der Waals surface area contributed by atoms with Crippen LogP contribution in [-0.2, 0) is 4.74 Å². The van der Waals surface area contributed by atoms with Crippen molar-refractivity contribution in [1.82, 2.24) is 14.9 Å². The molecule has 0 atom stereocenters. The first kappa shape index (κ1) is 21.3. The Labute approximate surface area is 191 Å². The van der Waals surface area contributed by atoms with Crippen LogP contribution in [-0.4, -0.2) is 67.5 Å². The second kappa shape index (κ2) is 8.40. The van der Waals surface area contributed by atoms with E-state index in [1.807, 2.05) is 24.3 Å². The standard InChI is InChI=1S/C24H26N4O5/c1-27-9-7-24(8-10-27)14-28(23(29)33-24)20-12-18-19(13-21(20)31-3)25-15-26-22(18)32-17-6-4-5-16(11-17)30-2/h4-6,11-13,15H,7-10,14H2,1-3H3. The van der Waals surface area contributed by atoms with Crippen molar-refractivity contribution in [2.75, 3.05) is 45.8 Å². The summed E-state index contributed by atoms with van der Waals surface area (Å²) in [6.07, 6.45) is 2.67. The normalized spacial score (nSPS) is 17.9. The SMILES string of the molecule is COc1cccc(Oc2ncnc3cc(OC)c(N4CC5(CCN(C)CC5)OC4=O)cc23)c1. The molecule has 9 nitrogen and oxygen atoms in total. The van der Waals surface area contributed by atoms with Crippen molar-refractivity contribution in [3.05, 3.63) is 42.7 Å². The predicted octanol–water partition coefficient (Wildman–Crippen LogP) is 3.86. The summed E-state index contributed by atoms with van der Waals surface area (Å²) in [6.45, 7) is 2.26. The average molecular weight is 450 g/mol. The lowest BCUT2D eigenvalue weighted by Crippen LogP contribution is -2.45. The number of methoxy groups -OCH3 is 2.